The Morgan fingerprint density at radius 1 is 1.35 bits per heavy atom. The highest BCUT2D eigenvalue weighted by Gasteiger charge is 2.38. The van der Waals surface area contributed by atoms with Crippen molar-refractivity contribution in [3.05, 3.63) is 24.0 Å². The van der Waals surface area contributed by atoms with E-state index in [9.17, 15) is 14.0 Å². The number of cyclic esters (lactones) is 1. The number of hydrogen-bond donors (Lipinski definition) is 1. The smallest absolute Gasteiger partial charge is 0.414 e. The van der Waals surface area contributed by atoms with E-state index in [0.717, 1.165) is 24.3 Å². The van der Waals surface area contributed by atoms with E-state index in [4.69, 9.17) is 4.74 Å². The van der Waals surface area contributed by atoms with E-state index in [1.54, 1.807) is 12.1 Å². The first-order valence-corrected chi connectivity index (χ1v) is 10.1. The Balaban J connectivity index is 1.49. The molecule has 3 atom stereocenters. The molecule has 0 radical (unpaired) electrons. The van der Waals surface area contributed by atoms with Gasteiger partial charge in [-0.05, 0) is 31.0 Å². The fourth-order valence-corrected chi connectivity index (χ4v) is 5.33. The van der Waals surface area contributed by atoms with Gasteiger partial charge in [-0.25, -0.2) is 9.18 Å². The molecular formula is C18H22FN3O3S. The molecule has 3 aliphatic heterocycles. The van der Waals surface area contributed by atoms with E-state index in [0.29, 0.717) is 30.0 Å². The van der Waals surface area contributed by atoms with Crippen LogP contribution in [0.15, 0.2) is 18.2 Å². The van der Waals surface area contributed by atoms with E-state index in [2.05, 4.69) is 10.2 Å². The van der Waals surface area contributed by atoms with Crippen LogP contribution in [0.25, 0.3) is 0 Å². The molecule has 1 unspecified atom stereocenters. The lowest BCUT2D eigenvalue weighted by atomic mass is 10.2. The quantitative estimate of drug-likeness (QED) is 0.870. The van der Waals surface area contributed by atoms with Crippen molar-refractivity contribution in [2.45, 2.75) is 38.0 Å². The van der Waals surface area contributed by atoms with Crippen molar-refractivity contribution < 1.29 is 18.7 Å². The van der Waals surface area contributed by atoms with Gasteiger partial charge in [0.1, 0.15) is 11.9 Å². The highest BCUT2D eigenvalue weighted by Crippen LogP contribution is 2.40. The van der Waals surface area contributed by atoms with Gasteiger partial charge in [0.15, 0.2) is 0 Å². The van der Waals surface area contributed by atoms with Gasteiger partial charge in [-0.2, -0.15) is 11.8 Å². The average Bonchev–Trinajstić information content (AvgIpc) is 3.09. The topological polar surface area (TPSA) is 61.9 Å². The Morgan fingerprint density at radius 3 is 2.73 bits per heavy atom. The van der Waals surface area contributed by atoms with Crippen molar-refractivity contribution in [2.75, 3.05) is 34.4 Å². The number of nitrogens with one attached hydrogen (secondary N) is 1. The zero-order valence-electron chi connectivity index (χ0n) is 14.6. The minimum Gasteiger partial charge on any atom is -0.442 e. The number of rotatable bonds is 4. The van der Waals surface area contributed by atoms with Gasteiger partial charge in [0.05, 0.1) is 24.5 Å². The molecule has 6 nitrogen and oxygen atoms in total. The molecule has 1 aromatic carbocycles. The zero-order valence-corrected chi connectivity index (χ0v) is 15.4. The van der Waals surface area contributed by atoms with Gasteiger partial charge in [-0.3, -0.25) is 9.69 Å². The predicted molar refractivity (Wildman–Crippen MR) is 99.3 cm³/mol. The average molecular weight is 379 g/mol. The monoisotopic (exact) mass is 379 g/mol. The first kappa shape index (κ1) is 17.5. The molecule has 2 amide bonds. The summed E-state index contributed by atoms with van der Waals surface area (Å²) < 4.78 is 20.1. The lowest BCUT2D eigenvalue weighted by molar-refractivity contribution is -0.119. The third-order valence-electron chi connectivity index (χ3n) is 5.21. The van der Waals surface area contributed by atoms with Crippen molar-refractivity contribution >= 4 is 35.1 Å². The first-order valence-electron chi connectivity index (χ1n) is 8.91. The van der Waals surface area contributed by atoms with Crippen molar-refractivity contribution in [2.24, 2.45) is 0 Å². The maximum absolute atomic E-state index is 14.9. The summed E-state index contributed by atoms with van der Waals surface area (Å²) in [4.78, 5) is 26.7. The maximum atomic E-state index is 14.9. The second-order valence-electron chi connectivity index (χ2n) is 7.02. The van der Waals surface area contributed by atoms with Gasteiger partial charge in [-0.1, -0.05) is 0 Å². The lowest BCUT2D eigenvalue weighted by Crippen LogP contribution is -2.43. The molecule has 3 saturated heterocycles. The fraction of sp³-hybridized carbons (Fsp3) is 0.556. The van der Waals surface area contributed by atoms with Gasteiger partial charge in [0, 0.05) is 30.5 Å². The Hall–Kier alpha value is -1.96. The van der Waals surface area contributed by atoms with Crippen molar-refractivity contribution in [1.29, 1.82) is 0 Å². The Labute approximate surface area is 156 Å². The number of thioether (sulfide) groups is 1. The molecule has 0 aliphatic carbocycles. The normalized spacial score (nSPS) is 27.6. The van der Waals surface area contributed by atoms with Crippen molar-refractivity contribution in [1.82, 2.24) is 5.32 Å². The second-order valence-corrected chi connectivity index (χ2v) is 8.09. The Morgan fingerprint density at radius 2 is 2.08 bits per heavy atom. The van der Waals surface area contributed by atoms with E-state index < -0.39 is 12.2 Å². The summed E-state index contributed by atoms with van der Waals surface area (Å²) in [6, 6.07) is 5.77. The number of carbonyl (C=O) groups excluding carboxylic acids is 2. The SMILES string of the molecule is CC(=O)NC[C@H]1CN(c2ccc(N3C4CC[C@@H]3CSC4)c(F)c2)C(=O)O1. The summed E-state index contributed by atoms with van der Waals surface area (Å²) in [7, 11) is 0. The molecule has 140 valence electrons. The van der Waals surface area contributed by atoms with Crippen LogP contribution in [0.1, 0.15) is 19.8 Å². The minimum atomic E-state index is -0.512. The van der Waals surface area contributed by atoms with Crippen LogP contribution in [0, 0.1) is 5.82 Å². The molecule has 26 heavy (non-hydrogen) atoms. The standard InChI is InChI=1S/C18H22FN3O3S/c1-11(23)20-7-15-8-21(18(24)25-15)12-4-5-17(16(19)6-12)22-13-2-3-14(22)10-26-9-13/h4-6,13-15H,2-3,7-10H2,1H3,(H,20,23)/t13-,14?,15+/m1/s1. The van der Waals surface area contributed by atoms with E-state index >= 15 is 0 Å². The van der Waals surface area contributed by atoms with E-state index in [-0.39, 0.29) is 18.3 Å². The van der Waals surface area contributed by atoms with Crippen molar-refractivity contribution in [3.8, 4) is 0 Å². The van der Waals surface area contributed by atoms with E-state index in [1.807, 2.05) is 11.8 Å². The van der Waals surface area contributed by atoms with Crippen LogP contribution in [0.4, 0.5) is 20.6 Å². The third kappa shape index (κ3) is 3.22. The number of halogens is 1. The van der Waals surface area contributed by atoms with Crippen LogP contribution in [0.3, 0.4) is 0 Å². The molecule has 1 aromatic rings. The summed E-state index contributed by atoms with van der Waals surface area (Å²) in [5.74, 6) is 1.61. The van der Waals surface area contributed by atoms with Crippen LogP contribution < -0.4 is 15.1 Å². The number of anilines is 2. The molecule has 3 fully saturated rings. The highest BCUT2D eigenvalue weighted by molar-refractivity contribution is 7.99. The molecule has 4 rings (SSSR count). The molecule has 8 heteroatoms. The zero-order chi connectivity index (χ0) is 18.3. The Kier molecular flexibility index (Phi) is 4.69. The largest absolute Gasteiger partial charge is 0.442 e. The van der Waals surface area contributed by atoms with Crippen LogP contribution >= 0.6 is 11.8 Å². The summed E-state index contributed by atoms with van der Waals surface area (Å²) in [5.41, 5.74) is 1.12. The highest BCUT2D eigenvalue weighted by atomic mass is 32.2. The second kappa shape index (κ2) is 6.98. The lowest BCUT2D eigenvalue weighted by Gasteiger charge is -2.36. The van der Waals surface area contributed by atoms with E-state index in [1.165, 1.54) is 17.9 Å². The summed E-state index contributed by atoms with van der Waals surface area (Å²) >= 11 is 1.95. The molecule has 1 N–H and O–H groups in total. The number of nitrogens with zero attached hydrogens (tertiary/aromatic N) is 2. The fourth-order valence-electron chi connectivity index (χ4n) is 3.99. The van der Waals surface area contributed by atoms with Gasteiger partial charge in [0.25, 0.3) is 0 Å². The number of carbonyl (C=O) groups is 2. The van der Waals surface area contributed by atoms with Crippen molar-refractivity contribution in [3.63, 3.8) is 0 Å². The first-order chi connectivity index (χ1) is 12.5. The van der Waals surface area contributed by atoms with Gasteiger partial charge in [-0.15, -0.1) is 0 Å². The Bertz CT molecular complexity index is 716. The van der Waals surface area contributed by atoms with Crippen LogP contribution in [-0.2, 0) is 9.53 Å². The molecule has 0 saturated carbocycles. The van der Waals surface area contributed by atoms with Gasteiger partial charge < -0.3 is 15.0 Å². The molecule has 2 bridgehead atoms. The number of hydrogen-bond acceptors (Lipinski definition) is 5. The number of amides is 2. The number of benzene rings is 1. The maximum Gasteiger partial charge on any atom is 0.414 e. The number of fused-ring (bicyclic) bond motifs is 2. The summed E-state index contributed by atoms with van der Waals surface area (Å²) in [5, 5.41) is 2.63. The number of ether oxygens (including phenoxy) is 1. The third-order valence-corrected chi connectivity index (χ3v) is 6.46. The molecular weight excluding hydrogens is 357 g/mol. The van der Waals surface area contributed by atoms with Crippen LogP contribution in [0.2, 0.25) is 0 Å². The van der Waals surface area contributed by atoms with Crippen LogP contribution in [-0.4, -0.2) is 54.8 Å². The van der Waals surface area contributed by atoms with Gasteiger partial charge >= 0.3 is 6.09 Å². The molecule has 0 spiro atoms. The van der Waals surface area contributed by atoms with Crippen LogP contribution in [0.5, 0.6) is 0 Å². The summed E-state index contributed by atoms with van der Waals surface area (Å²) in [6.45, 7) is 1.96. The molecule has 3 aliphatic rings. The molecule has 3 heterocycles. The summed E-state index contributed by atoms with van der Waals surface area (Å²) in [6.07, 6.45) is 1.29. The molecule has 0 aromatic heterocycles. The van der Waals surface area contributed by atoms with Gasteiger partial charge in [0.2, 0.25) is 5.91 Å². The predicted octanol–water partition coefficient (Wildman–Crippen LogP) is 2.37. The minimum absolute atomic E-state index is 0.177.